The van der Waals surface area contributed by atoms with Crippen molar-refractivity contribution < 1.29 is 14.3 Å². The summed E-state index contributed by atoms with van der Waals surface area (Å²) in [7, 11) is 0. The van der Waals surface area contributed by atoms with Gasteiger partial charge in [0.25, 0.3) is 0 Å². The number of aromatic nitrogens is 1. The van der Waals surface area contributed by atoms with Gasteiger partial charge in [-0.05, 0) is 54.8 Å². The summed E-state index contributed by atoms with van der Waals surface area (Å²) in [5.41, 5.74) is 2.69. The SMILES string of the molecule is C=CCn1c(CCC(=O)[O-])ccc1-c1ccc(F)cc1. The van der Waals surface area contributed by atoms with Gasteiger partial charge in [0.2, 0.25) is 0 Å². The molecule has 0 atom stereocenters. The average Bonchev–Trinajstić information content (AvgIpc) is 2.81. The third-order valence-corrected chi connectivity index (χ3v) is 3.11. The van der Waals surface area contributed by atoms with Crippen LogP contribution in [0, 0.1) is 5.82 Å². The highest BCUT2D eigenvalue weighted by molar-refractivity contribution is 5.65. The minimum absolute atomic E-state index is 0.0238. The van der Waals surface area contributed by atoms with Crippen LogP contribution < -0.4 is 5.11 Å². The summed E-state index contributed by atoms with van der Waals surface area (Å²) in [6.45, 7) is 4.28. The van der Waals surface area contributed by atoms with Crippen molar-refractivity contribution in [3.05, 3.63) is 60.6 Å². The molecule has 4 heteroatoms. The Labute approximate surface area is 117 Å². The third kappa shape index (κ3) is 3.15. The fourth-order valence-electron chi connectivity index (χ4n) is 2.18. The van der Waals surface area contributed by atoms with Crippen LogP contribution in [0.2, 0.25) is 0 Å². The van der Waals surface area contributed by atoms with E-state index in [0.29, 0.717) is 13.0 Å². The van der Waals surface area contributed by atoms with Gasteiger partial charge in [-0.15, -0.1) is 6.58 Å². The number of benzene rings is 1. The minimum atomic E-state index is -1.07. The standard InChI is InChI=1S/C16H16FNO2/c1-2-11-18-14(8-10-16(19)20)7-9-15(18)12-3-5-13(17)6-4-12/h2-7,9H,1,8,10-11H2,(H,19,20)/p-1. The molecule has 0 aliphatic rings. The second-order valence-electron chi connectivity index (χ2n) is 4.49. The van der Waals surface area contributed by atoms with E-state index in [9.17, 15) is 14.3 Å². The maximum absolute atomic E-state index is 13.0. The lowest BCUT2D eigenvalue weighted by Gasteiger charge is -2.12. The topological polar surface area (TPSA) is 45.1 Å². The maximum Gasteiger partial charge on any atom is 0.123 e. The van der Waals surface area contributed by atoms with Crippen molar-refractivity contribution in [1.29, 1.82) is 0 Å². The van der Waals surface area contributed by atoms with E-state index in [2.05, 4.69) is 6.58 Å². The number of rotatable bonds is 6. The molecule has 0 aliphatic carbocycles. The Hall–Kier alpha value is -2.36. The fourth-order valence-corrected chi connectivity index (χ4v) is 2.18. The van der Waals surface area contributed by atoms with Crippen molar-refractivity contribution in [2.75, 3.05) is 0 Å². The van der Waals surface area contributed by atoms with Crippen LogP contribution >= 0.6 is 0 Å². The molecule has 2 aromatic rings. The molecule has 0 N–H and O–H groups in total. The Kier molecular flexibility index (Phi) is 4.35. The van der Waals surface area contributed by atoms with Crippen molar-refractivity contribution in [2.45, 2.75) is 19.4 Å². The van der Waals surface area contributed by atoms with Crippen LogP contribution in [-0.4, -0.2) is 10.5 Å². The number of allylic oxidation sites excluding steroid dienone is 1. The van der Waals surface area contributed by atoms with Crippen LogP contribution in [0.15, 0.2) is 49.1 Å². The quantitative estimate of drug-likeness (QED) is 0.756. The largest absolute Gasteiger partial charge is 0.550 e. The summed E-state index contributed by atoms with van der Waals surface area (Å²) in [6, 6.07) is 9.99. The van der Waals surface area contributed by atoms with Gasteiger partial charge in [-0.25, -0.2) is 4.39 Å². The molecule has 0 aliphatic heterocycles. The summed E-state index contributed by atoms with van der Waals surface area (Å²) >= 11 is 0. The number of carbonyl (C=O) groups is 1. The lowest BCUT2D eigenvalue weighted by atomic mass is 10.1. The van der Waals surface area contributed by atoms with Crippen molar-refractivity contribution in [2.24, 2.45) is 0 Å². The molecule has 1 heterocycles. The molecule has 0 spiro atoms. The van der Waals surface area contributed by atoms with Gasteiger partial charge < -0.3 is 14.5 Å². The monoisotopic (exact) mass is 272 g/mol. The first-order valence-corrected chi connectivity index (χ1v) is 6.37. The van der Waals surface area contributed by atoms with E-state index in [1.54, 1.807) is 18.2 Å². The minimum Gasteiger partial charge on any atom is -0.550 e. The molecule has 0 saturated heterocycles. The second-order valence-corrected chi connectivity index (χ2v) is 4.49. The molecule has 0 bridgehead atoms. The van der Waals surface area contributed by atoms with Crippen molar-refractivity contribution in [1.82, 2.24) is 4.57 Å². The van der Waals surface area contributed by atoms with Crippen molar-refractivity contribution in [3.8, 4) is 11.3 Å². The number of hydrogen-bond donors (Lipinski definition) is 0. The van der Waals surface area contributed by atoms with Gasteiger partial charge in [0.1, 0.15) is 5.82 Å². The summed E-state index contributed by atoms with van der Waals surface area (Å²) in [5, 5.41) is 10.6. The zero-order chi connectivity index (χ0) is 14.5. The smallest absolute Gasteiger partial charge is 0.123 e. The number of nitrogens with zero attached hydrogens (tertiary/aromatic N) is 1. The summed E-state index contributed by atoms with van der Waals surface area (Å²) in [5.74, 6) is -1.35. The van der Waals surface area contributed by atoms with Crippen LogP contribution in [0.25, 0.3) is 11.3 Å². The highest BCUT2D eigenvalue weighted by atomic mass is 19.1. The lowest BCUT2D eigenvalue weighted by Crippen LogP contribution is -2.22. The molecule has 1 aromatic heterocycles. The number of halogens is 1. The number of aryl methyl sites for hydroxylation is 1. The predicted molar refractivity (Wildman–Crippen MR) is 73.4 cm³/mol. The zero-order valence-corrected chi connectivity index (χ0v) is 11.0. The molecule has 20 heavy (non-hydrogen) atoms. The second kappa shape index (κ2) is 6.19. The molecule has 2 rings (SSSR count). The molecule has 0 unspecified atom stereocenters. The molecule has 0 radical (unpaired) electrons. The third-order valence-electron chi connectivity index (χ3n) is 3.11. The number of carboxylic acid groups (broad SMARTS) is 1. The number of carbonyl (C=O) groups excluding carboxylic acids is 1. The van der Waals surface area contributed by atoms with Crippen LogP contribution in [0.4, 0.5) is 4.39 Å². The molecule has 0 fully saturated rings. The van der Waals surface area contributed by atoms with Gasteiger partial charge in [0, 0.05) is 23.9 Å². The lowest BCUT2D eigenvalue weighted by molar-refractivity contribution is -0.305. The van der Waals surface area contributed by atoms with E-state index in [0.717, 1.165) is 17.0 Å². The van der Waals surface area contributed by atoms with Crippen molar-refractivity contribution in [3.63, 3.8) is 0 Å². The maximum atomic E-state index is 13.0. The Bertz CT molecular complexity index is 614. The molecule has 1 aromatic carbocycles. The van der Waals surface area contributed by atoms with Gasteiger partial charge in [-0.2, -0.15) is 0 Å². The fraction of sp³-hybridized carbons (Fsp3) is 0.188. The first-order valence-electron chi connectivity index (χ1n) is 6.37. The Morgan fingerprint density at radius 1 is 1.25 bits per heavy atom. The number of aliphatic carboxylic acids is 1. The average molecular weight is 272 g/mol. The molecule has 0 amide bonds. The van der Waals surface area contributed by atoms with Crippen LogP contribution in [-0.2, 0) is 17.8 Å². The van der Waals surface area contributed by atoms with Gasteiger partial charge in [0.15, 0.2) is 0 Å². The van der Waals surface area contributed by atoms with Crippen LogP contribution in [0.3, 0.4) is 0 Å². The van der Waals surface area contributed by atoms with Crippen LogP contribution in [0.1, 0.15) is 12.1 Å². The first-order chi connectivity index (χ1) is 9.61. The summed E-state index contributed by atoms with van der Waals surface area (Å²) in [4.78, 5) is 10.6. The Morgan fingerprint density at radius 2 is 1.95 bits per heavy atom. The number of carboxylic acids is 1. The first kappa shape index (κ1) is 14.1. The predicted octanol–water partition coefficient (Wildman–Crippen LogP) is 2.16. The number of hydrogen-bond acceptors (Lipinski definition) is 2. The zero-order valence-electron chi connectivity index (χ0n) is 11.0. The van der Waals surface area contributed by atoms with Gasteiger partial charge in [-0.1, -0.05) is 6.08 Å². The molecular formula is C16H15FNO2-. The van der Waals surface area contributed by atoms with Gasteiger partial charge in [0.05, 0.1) is 0 Å². The normalized spacial score (nSPS) is 10.4. The highest BCUT2D eigenvalue weighted by Crippen LogP contribution is 2.24. The van der Waals surface area contributed by atoms with Crippen molar-refractivity contribution >= 4 is 5.97 Å². The van der Waals surface area contributed by atoms with Crippen LogP contribution in [0.5, 0.6) is 0 Å². The summed E-state index contributed by atoms with van der Waals surface area (Å²) < 4.78 is 14.9. The Balaban J connectivity index is 2.35. The van der Waals surface area contributed by atoms with Gasteiger partial charge in [-0.3, -0.25) is 0 Å². The van der Waals surface area contributed by atoms with E-state index in [1.807, 2.05) is 16.7 Å². The van der Waals surface area contributed by atoms with E-state index in [4.69, 9.17) is 0 Å². The summed E-state index contributed by atoms with van der Waals surface area (Å²) in [6.07, 6.45) is 2.12. The van der Waals surface area contributed by atoms with Gasteiger partial charge >= 0.3 is 0 Å². The molecular weight excluding hydrogens is 257 g/mol. The Morgan fingerprint density at radius 3 is 2.55 bits per heavy atom. The molecule has 104 valence electrons. The van der Waals surface area contributed by atoms with E-state index in [-0.39, 0.29) is 12.2 Å². The highest BCUT2D eigenvalue weighted by Gasteiger charge is 2.09. The molecule has 0 saturated carbocycles. The van der Waals surface area contributed by atoms with E-state index in [1.165, 1.54) is 12.1 Å². The molecule has 3 nitrogen and oxygen atoms in total. The van der Waals surface area contributed by atoms with E-state index < -0.39 is 5.97 Å². The van der Waals surface area contributed by atoms with E-state index >= 15 is 0 Å².